The minimum absolute atomic E-state index is 0.000802. The van der Waals surface area contributed by atoms with Gasteiger partial charge in [0.05, 0.1) is 19.2 Å². The molecule has 0 bridgehead atoms. The number of ether oxygens (including phenoxy) is 1. The molecule has 2 aliphatic carbocycles. The van der Waals surface area contributed by atoms with Crippen molar-refractivity contribution in [2.75, 3.05) is 26.2 Å². The quantitative estimate of drug-likeness (QED) is 0.731. The summed E-state index contributed by atoms with van der Waals surface area (Å²) < 4.78 is 43.4. The number of rotatable bonds is 4. The van der Waals surface area contributed by atoms with E-state index in [0.717, 1.165) is 43.7 Å². The summed E-state index contributed by atoms with van der Waals surface area (Å²) in [7, 11) is 0. The van der Waals surface area contributed by atoms with Gasteiger partial charge in [-0.15, -0.1) is 10.2 Å². The van der Waals surface area contributed by atoms with E-state index in [1.807, 2.05) is 4.90 Å². The van der Waals surface area contributed by atoms with Crippen LogP contribution in [-0.4, -0.2) is 81.4 Å². The first-order chi connectivity index (χ1) is 15.3. The number of carbonyl (C=O) groups is 1. The third-order valence-electron chi connectivity index (χ3n) is 7.04. The first kappa shape index (κ1) is 20.0. The number of alkyl halides is 3. The molecule has 1 aromatic heterocycles. The van der Waals surface area contributed by atoms with Crippen LogP contribution in [0.5, 0.6) is 0 Å². The molecule has 9 nitrogen and oxygen atoms in total. The number of hydrazone groups is 1. The minimum Gasteiger partial charge on any atom is -0.347 e. The number of hydrogen-bond acceptors (Lipinski definition) is 6. The predicted molar refractivity (Wildman–Crippen MR) is 106 cm³/mol. The molecule has 1 atom stereocenters. The van der Waals surface area contributed by atoms with Crippen molar-refractivity contribution in [2.45, 2.75) is 56.0 Å². The molecule has 32 heavy (non-hydrogen) atoms. The summed E-state index contributed by atoms with van der Waals surface area (Å²) in [5.74, 6) is 2.99. The van der Waals surface area contributed by atoms with E-state index in [0.29, 0.717) is 24.9 Å². The van der Waals surface area contributed by atoms with Crippen molar-refractivity contribution in [3.05, 3.63) is 23.8 Å². The van der Waals surface area contributed by atoms with Crippen LogP contribution in [0.1, 0.15) is 49.2 Å². The van der Waals surface area contributed by atoms with Crippen LogP contribution < -0.4 is 5.43 Å². The second kappa shape index (κ2) is 6.93. The molecule has 2 saturated heterocycles. The van der Waals surface area contributed by atoms with Crippen molar-refractivity contribution in [1.29, 1.82) is 0 Å². The molecule has 4 heterocycles. The number of aromatic amines is 1. The number of H-pyrrole nitrogens is 1. The zero-order valence-corrected chi connectivity index (χ0v) is 17.3. The largest absolute Gasteiger partial charge is 0.435 e. The molecule has 4 fully saturated rings. The second-order valence-corrected chi connectivity index (χ2v) is 9.68. The van der Waals surface area contributed by atoms with Crippen LogP contribution in [0.2, 0.25) is 0 Å². The number of amides is 2. The number of aromatic nitrogens is 3. The molecule has 2 saturated carbocycles. The Morgan fingerprint density at radius 2 is 1.78 bits per heavy atom. The molecule has 0 aromatic carbocycles. The average Bonchev–Trinajstić information content (AvgIpc) is 3.40. The fourth-order valence-electron chi connectivity index (χ4n) is 5.06. The molecule has 1 unspecified atom stereocenters. The van der Waals surface area contributed by atoms with Gasteiger partial charge in [0.15, 0.2) is 11.9 Å². The highest BCUT2D eigenvalue weighted by Gasteiger charge is 2.56. The van der Waals surface area contributed by atoms with Crippen LogP contribution in [-0.2, 0) is 4.74 Å². The highest BCUT2D eigenvalue weighted by Crippen LogP contribution is 2.55. The number of carbonyl (C=O) groups excluding carboxylic acids is 1. The zero-order chi connectivity index (χ0) is 22.1. The maximum atomic E-state index is 12.7. The van der Waals surface area contributed by atoms with Gasteiger partial charge < -0.3 is 19.5 Å². The number of nitrogens with one attached hydrogen (secondary N) is 2. The first-order valence-electron chi connectivity index (χ1n) is 11.0. The second-order valence-electron chi connectivity index (χ2n) is 9.68. The summed E-state index contributed by atoms with van der Waals surface area (Å²) in [4.78, 5) is 19.6. The fraction of sp³-hybridized carbons (Fsp3) is 0.700. The molecular formula is C20H24F3N7O2. The molecule has 172 valence electrons. The normalized spacial score (nSPS) is 27.5. The first-order valence-corrected chi connectivity index (χ1v) is 11.0. The summed E-state index contributed by atoms with van der Waals surface area (Å²) in [6, 6.07) is -0.000802. The van der Waals surface area contributed by atoms with E-state index >= 15 is 0 Å². The van der Waals surface area contributed by atoms with Crippen LogP contribution in [0.3, 0.4) is 0 Å². The van der Waals surface area contributed by atoms with Gasteiger partial charge in [-0.1, -0.05) is 0 Å². The molecule has 6 rings (SSSR count). The van der Waals surface area contributed by atoms with Gasteiger partial charge in [-0.2, -0.15) is 18.3 Å². The lowest BCUT2D eigenvalue weighted by Crippen LogP contribution is -2.68. The summed E-state index contributed by atoms with van der Waals surface area (Å²) in [6.07, 6.45) is 1.21. The molecule has 2 N–H and O–H groups in total. The minimum atomic E-state index is -4.49. The SMILES string of the molecule is O=C(N1CC(OC2C=CC(C(F)(F)F)=NN2)C1)N1CC2(CC(c3nnc(C4CC4)[nH]3)C2)C1. The molecule has 1 aromatic rings. The number of allylic oxidation sites excluding steroid dienone is 1. The third kappa shape index (κ3) is 3.54. The molecule has 3 aliphatic heterocycles. The molecule has 1 spiro atoms. The summed E-state index contributed by atoms with van der Waals surface area (Å²) in [6.45, 7) is 2.37. The van der Waals surface area contributed by atoms with Crippen LogP contribution in [0.4, 0.5) is 18.0 Å². The van der Waals surface area contributed by atoms with Crippen LogP contribution in [0.25, 0.3) is 0 Å². The van der Waals surface area contributed by atoms with E-state index in [9.17, 15) is 18.0 Å². The molecular weight excluding hydrogens is 427 g/mol. The van der Waals surface area contributed by atoms with Crippen LogP contribution >= 0.6 is 0 Å². The number of halogens is 3. The lowest BCUT2D eigenvalue weighted by atomic mass is 9.57. The van der Waals surface area contributed by atoms with E-state index in [1.54, 1.807) is 4.90 Å². The molecule has 0 radical (unpaired) electrons. The molecule has 5 aliphatic rings. The van der Waals surface area contributed by atoms with Crippen LogP contribution in [0.15, 0.2) is 17.3 Å². The van der Waals surface area contributed by atoms with Gasteiger partial charge in [-0.3, -0.25) is 5.43 Å². The van der Waals surface area contributed by atoms with E-state index in [4.69, 9.17) is 4.74 Å². The molecule has 2 amide bonds. The van der Waals surface area contributed by atoms with Gasteiger partial charge in [-0.25, -0.2) is 4.79 Å². The van der Waals surface area contributed by atoms with Crippen molar-refractivity contribution in [3.63, 3.8) is 0 Å². The Morgan fingerprint density at radius 1 is 1.09 bits per heavy atom. The number of hydrogen-bond donors (Lipinski definition) is 2. The summed E-state index contributed by atoms with van der Waals surface area (Å²) >= 11 is 0. The van der Waals surface area contributed by atoms with E-state index in [-0.39, 0.29) is 17.6 Å². The van der Waals surface area contributed by atoms with E-state index in [2.05, 4.69) is 25.7 Å². The summed E-state index contributed by atoms with van der Waals surface area (Å²) in [5.41, 5.74) is 1.57. The Morgan fingerprint density at radius 3 is 2.38 bits per heavy atom. The zero-order valence-electron chi connectivity index (χ0n) is 17.3. The number of likely N-dealkylation sites (tertiary alicyclic amines) is 2. The van der Waals surface area contributed by atoms with Gasteiger partial charge in [0.25, 0.3) is 0 Å². The topological polar surface area (TPSA) is 98.7 Å². The number of nitrogens with zero attached hydrogens (tertiary/aromatic N) is 5. The van der Waals surface area contributed by atoms with Gasteiger partial charge in [0.1, 0.15) is 11.6 Å². The van der Waals surface area contributed by atoms with E-state index in [1.165, 1.54) is 18.9 Å². The van der Waals surface area contributed by atoms with Crippen molar-refractivity contribution >= 4 is 11.7 Å². The molecule has 12 heteroatoms. The van der Waals surface area contributed by atoms with Gasteiger partial charge in [-0.05, 0) is 37.8 Å². The van der Waals surface area contributed by atoms with E-state index < -0.39 is 18.1 Å². The Labute approximate surface area is 182 Å². The van der Waals surface area contributed by atoms with Gasteiger partial charge >= 0.3 is 12.2 Å². The van der Waals surface area contributed by atoms with Crippen molar-refractivity contribution < 1.29 is 22.7 Å². The summed E-state index contributed by atoms with van der Waals surface area (Å²) in [5, 5.41) is 11.9. The lowest BCUT2D eigenvalue weighted by Gasteiger charge is -2.59. The number of urea groups is 1. The Kier molecular flexibility index (Phi) is 4.33. The third-order valence-corrected chi connectivity index (χ3v) is 7.04. The maximum absolute atomic E-state index is 12.7. The maximum Gasteiger partial charge on any atom is 0.435 e. The Bertz CT molecular complexity index is 966. The Hall–Kier alpha value is -2.63. The van der Waals surface area contributed by atoms with Gasteiger partial charge in [0, 0.05) is 30.3 Å². The van der Waals surface area contributed by atoms with Gasteiger partial charge in [0.2, 0.25) is 0 Å². The highest BCUT2D eigenvalue weighted by atomic mass is 19.4. The predicted octanol–water partition coefficient (Wildman–Crippen LogP) is 2.09. The smallest absolute Gasteiger partial charge is 0.347 e. The Balaban J connectivity index is 0.915. The standard InChI is InChI=1S/C20H24F3N7O2/c21-20(22,23)14-3-4-15(26-25-14)32-13-7-29(8-13)18(31)30-9-19(10-30)5-12(6-19)17-24-16(27-28-17)11-1-2-11/h3-4,11-13,15,26H,1-2,5-10H2,(H,24,27,28). The van der Waals surface area contributed by atoms with Crippen molar-refractivity contribution in [3.8, 4) is 0 Å². The average molecular weight is 451 g/mol. The lowest BCUT2D eigenvalue weighted by molar-refractivity contribution is -0.0952. The monoisotopic (exact) mass is 451 g/mol. The highest BCUT2D eigenvalue weighted by molar-refractivity contribution is 5.99. The van der Waals surface area contributed by atoms with Crippen LogP contribution in [0, 0.1) is 5.41 Å². The van der Waals surface area contributed by atoms with Crippen molar-refractivity contribution in [1.82, 2.24) is 30.4 Å². The van der Waals surface area contributed by atoms with Crippen molar-refractivity contribution in [2.24, 2.45) is 10.5 Å². The fourth-order valence-corrected chi connectivity index (χ4v) is 5.06.